The number of rotatable bonds is 7. The Kier molecular flexibility index (Phi) is 6.28. The van der Waals surface area contributed by atoms with E-state index >= 15 is 0 Å². The monoisotopic (exact) mass is 429 g/mol. The molecule has 0 aromatic heterocycles. The molecule has 0 spiro atoms. The van der Waals surface area contributed by atoms with Gasteiger partial charge in [0, 0.05) is 11.0 Å². The highest BCUT2D eigenvalue weighted by Crippen LogP contribution is 2.54. The molecule has 146 valence electrons. The maximum absolute atomic E-state index is 13.3. The fourth-order valence-electron chi connectivity index (χ4n) is 1.46. The summed E-state index contributed by atoms with van der Waals surface area (Å²) in [5.74, 6) is -9.10. The molecule has 0 bridgehead atoms. The van der Waals surface area contributed by atoms with Crippen LogP contribution < -0.4 is 0 Å². The zero-order valence-electron chi connectivity index (χ0n) is 11.9. The minimum absolute atomic E-state index is 0.208. The Hall–Kier alpha value is -1.90. The Morgan fingerprint density at radius 1 is 1.19 bits per heavy atom. The molecule has 0 aliphatic carbocycles. The van der Waals surface area contributed by atoms with E-state index in [1.54, 1.807) is 0 Å². The van der Waals surface area contributed by atoms with Crippen molar-refractivity contribution in [3.05, 3.63) is 28.3 Å². The van der Waals surface area contributed by atoms with E-state index < -0.39 is 72.0 Å². The van der Waals surface area contributed by atoms with Crippen molar-refractivity contribution in [2.45, 2.75) is 27.1 Å². The molecular weight excluding hydrogens is 423 g/mol. The predicted octanol–water partition coefficient (Wildman–Crippen LogP) is 3.67. The molecule has 0 saturated heterocycles. The largest absolute Gasteiger partial charge is 0.481 e. The van der Waals surface area contributed by atoms with E-state index in [1.807, 2.05) is 0 Å². The lowest BCUT2D eigenvalue weighted by Crippen LogP contribution is -2.49. The standard InChI is InChI=1S/C11H6F7NO5S2/c12-9(13,10(14,15)16)11(17,18)25-5-1-2-7(6(3-5)19(22)23)26(24)4-8(20)21/h1-3H,4H2,(H,20,21). The molecule has 0 aliphatic rings. The van der Waals surface area contributed by atoms with Gasteiger partial charge < -0.3 is 5.11 Å². The number of alkyl halides is 7. The molecule has 0 saturated carbocycles. The Morgan fingerprint density at radius 3 is 2.15 bits per heavy atom. The van der Waals surface area contributed by atoms with Gasteiger partial charge in [-0.05, 0) is 23.9 Å². The first-order valence-corrected chi connectivity index (χ1v) is 8.13. The van der Waals surface area contributed by atoms with Crippen molar-refractivity contribution in [2.75, 3.05) is 5.75 Å². The minimum atomic E-state index is -6.57. The number of hydrogen-bond acceptors (Lipinski definition) is 5. The lowest BCUT2D eigenvalue weighted by Gasteiger charge is -2.27. The SMILES string of the molecule is O=C(O)CS(=O)c1ccc(SC(F)(F)C(F)(F)C(F)(F)F)cc1[N+](=O)[O-]. The first-order valence-electron chi connectivity index (χ1n) is 6.00. The fourth-order valence-corrected chi connectivity index (χ4v) is 3.28. The van der Waals surface area contributed by atoms with Crippen molar-refractivity contribution in [1.29, 1.82) is 0 Å². The van der Waals surface area contributed by atoms with Crippen molar-refractivity contribution < 1.29 is 49.8 Å². The number of hydrogen-bond donors (Lipinski definition) is 1. The average molecular weight is 429 g/mol. The van der Waals surface area contributed by atoms with Crippen LogP contribution in [0, 0.1) is 10.1 Å². The Morgan fingerprint density at radius 2 is 1.73 bits per heavy atom. The number of nitro benzene ring substituents is 1. The van der Waals surface area contributed by atoms with Crippen molar-refractivity contribution in [3.8, 4) is 0 Å². The number of carbonyl (C=O) groups is 1. The number of carboxylic acid groups (broad SMARTS) is 1. The normalized spacial score (nSPS) is 14.1. The Labute approximate surface area is 146 Å². The van der Waals surface area contributed by atoms with Gasteiger partial charge in [-0.2, -0.15) is 30.7 Å². The maximum atomic E-state index is 13.3. The zero-order valence-corrected chi connectivity index (χ0v) is 13.6. The molecule has 6 nitrogen and oxygen atoms in total. The number of thioether (sulfide) groups is 1. The van der Waals surface area contributed by atoms with Gasteiger partial charge >= 0.3 is 23.3 Å². The highest BCUT2D eigenvalue weighted by atomic mass is 32.2. The third kappa shape index (κ3) is 4.63. The summed E-state index contributed by atoms with van der Waals surface area (Å²) in [4.78, 5) is 18.3. The van der Waals surface area contributed by atoms with Crippen LogP contribution in [0.4, 0.5) is 36.4 Å². The van der Waals surface area contributed by atoms with Gasteiger partial charge in [-0.25, -0.2) is 0 Å². The van der Waals surface area contributed by atoms with Gasteiger partial charge in [-0.3, -0.25) is 19.1 Å². The average Bonchev–Trinajstić information content (AvgIpc) is 2.44. The molecule has 15 heteroatoms. The van der Waals surface area contributed by atoms with Gasteiger partial charge in [0.05, 0.1) is 15.7 Å². The molecule has 0 amide bonds. The number of aliphatic carboxylic acids is 1. The van der Waals surface area contributed by atoms with Gasteiger partial charge in [0.2, 0.25) is 0 Å². The van der Waals surface area contributed by atoms with Crippen LogP contribution in [0.1, 0.15) is 0 Å². The molecule has 1 rings (SSSR count). The third-order valence-electron chi connectivity index (χ3n) is 2.59. The topological polar surface area (TPSA) is 97.5 Å². The van der Waals surface area contributed by atoms with Crippen LogP contribution in [0.5, 0.6) is 0 Å². The number of carboxylic acids is 1. The second-order valence-corrected chi connectivity index (χ2v) is 7.07. The van der Waals surface area contributed by atoms with E-state index in [9.17, 15) is 49.9 Å². The molecule has 0 radical (unpaired) electrons. The summed E-state index contributed by atoms with van der Waals surface area (Å²) in [5.41, 5.74) is -1.17. The number of benzene rings is 1. The summed E-state index contributed by atoms with van der Waals surface area (Å²) in [5, 5.41) is 13.7. The zero-order chi connectivity index (χ0) is 20.5. The van der Waals surface area contributed by atoms with Crippen LogP contribution >= 0.6 is 11.8 Å². The Bertz CT molecular complexity index is 753. The number of nitro groups is 1. The summed E-state index contributed by atoms with van der Waals surface area (Å²) < 4.78 is 100. The summed E-state index contributed by atoms with van der Waals surface area (Å²) in [7, 11) is -2.47. The number of nitrogens with zero attached hydrogens (tertiary/aromatic N) is 1. The molecule has 1 N–H and O–H groups in total. The van der Waals surface area contributed by atoms with Crippen molar-refractivity contribution in [2.24, 2.45) is 0 Å². The van der Waals surface area contributed by atoms with Crippen molar-refractivity contribution in [1.82, 2.24) is 0 Å². The minimum Gasteiger partial charge on any atom is -0.481 e. The first-order chi connectivity index (χ1) is 11.6. The molecule has 26 heavy (non-hydrogen) atoms. The fraction of sp³-hybridized carbons (Fsp3) is 0.364. The molecular formula is C11H6F7NO5S2. The molecule has 1 unspecified atom stereocenters. The molecule has 1 atom stereocenters. The van der Waals surface area contributed by atoms with Gasteiger partial charge in [0.25, 0.3) is 5.69 Å². The van der Waals surface area contributed by atoms with Crippen LogP contribution in [0.3, 0.4) is 0 Å². The van der Waals surface area contributed by atoms with Crippen LogP contribution in [0.2, 0.25) is 0 Å². The van der Waals surface area contributed by atoms with Crippen LogP contribution in [-0.2, 0) is 15.6 Å². The van der Waals surface area contributed by atoms with E-state index in [1.165, 1.54) is 0 Å². The summed E-state index contributed by atoms with van der Waals surface area (Å²) in [6.07, 6.45) is -6.57. The lowest BCUT2D eigenvalue weighted by atomic mass is 10.3. The van der Waals surface area contributed by atoms with Crippen molar-refractivity contribution in [3.63, 3.8) is 0 Å². The second-order valence-electron chi connectivity index (χ2n) is 4.46. The quantitative estimate of drug-likeness (QED) is 0.308. The number of halogens is 7. The van der Waals surface area contributed by atoms with E-state index in [-0.39, 0.29) is 6.07 Å². The van der Waals surface area contributed by atoms with Crippen LogP contribution in [0.15, 0.2) is 28.0 Å². The van der Waals surface area contributed by atoms with E-state index in [0.717, 1.165) is 0 Å². The highest BCUT2D eigenvalue weighted by molar-refractivity contribution is 8.00. The third-order valence-corrected chi connectivity index (χ3v) is 4.94. The highest BCUT2D eigenvalue weighted by Gasteiger charge is 2.73. The van der Waals surface area contributed by atoms with Crippen molar-refractivity contribution >= 4 is 34.2 Å². The lowest BCUT2D eigenvalue weighted by molar-refractivity contribution is -0.388. The maximum Gasteiger partial charge on any atom is 0.460 e. The molecule has 1 aromatic rings. The smallest absolute Gasteiger partial charge is 0.460 e. The van der Waals surface area contributed by atoms with Crippen LogP contribution in [-0.4, -0.2) is 43.3 Å². The predicted molar refractivity (Wildman–Crippen MR) is 73.8 cm³/mol. The summed E-state index contributed by atoms with van der Waals surface area (Å²) >= 11 is -1.28. The van der Waals surface area contributed by atoms with E-state index in [4.69, 9.17) is 5.11 Å². The molecule has 0 fully saturated rings. The van der Waals surface area contributed by atoms with Gasteiger partial charge in [0.1, 0.15) is 10.6 Å². The molecule has 0 aliphatic heterocycles. The molecule has 1 aromatic carbocycles. The first kappa shape index (κ1) is 22.1. The van der Waals surface area contributed by atoms with Crippen LogP contribution in [0.25, 0.3) is 0 Å². The van der Waals surface area contributed by atoms with Gasteiger partial charge in [-0.1, -0.05) is 0 Å². The second kappa shape index (κ2) is 7.38. The Balaban J connectivity index is 3.28. The van der Waals surface area contributed by atoms with E-state index in [0.29, 0.717) is 12.1 Å². The van der Waals surface area contributed by atoms with E-state index in [2.05, 4.69) is 0 Å². The summed E-state index contributed by atoms with van der Waals surface area (Å²) in [6.45, 7) is 0. The van der Waals surface area contributed by atoms with Gasteiger partial charge in [-0.15, -0.1) is 0 Å². The summed E-state index contributed by atoms with van der Waals surface area (Å²) in [6, 6.07) is 1.24. The van der Waals surface area contributed by atoms with Gasteiger partial charge in [0.15, 0.2) is 0 Å². The molecule has 0 heterocycles.